The molecule has 2 aromatic rings. The molecular weight excluding hydrogens is 226 g/mol. The van der Waals surface area contributed by atoms with Gasteiger partial charge in [-0.3, -0.25) is 9.69 Å². The fraction of sp³-hybridized carbons (Fsp3) is 0.143. The predicted octanol–water partition coefficient (Wildman–Crippen LogP) is 2.25. The van der Waals surface area contributed by atoms with Crippen LogP contribution < -0.4 is 10.6 Å². The quantitative estimate of drug-likeness (QED) is 0.820. The van der Waals surface area contributed by atoms with Crippen LogP contribution in [0.15, 0.2) is 42.6 Å². The Bertz CT molecular complexity index is 567. The van der Waals surface area contributed by atoms with Crippen LogP contribution in [0.25, 0.3) is 0 Å². The van der Waals surface area contributed by atoms with Crippen molar-refractivity contribution < 1.29 is 4.79 Å². The van der Waals surface area contributed by atoms with Crippen molar-refractivity contribution in [2.75, 3.05) is 17.7 Å². The lowest BCUT2D eigenvalue weighted by atomic mass is 10.1. The maximum Gasteiger partial charge on any atom is 0.261 e. The van der Waals surface area contributed by atoms with E-state index in [1.807, 2.05) is 31.2 Å². The first-order valence-electron chi connectivity index (χ1n) is 5.65. The minimum atomic E-state index is -0.157. The number of pyridine rings is 1. The maximum atomic E-state index is 12.3. The molecule has 0 aliphatic carbocycles. The topological polar surface area (TPSA) is 59.2 Å². The fourth-order valence-electron chi connectivity index (χ4n) is 1.70. The summed E-state index contributed by atoms with van der Waals surface area (Å²) in [6.45, 7) is 1.88. The van der Waals surface area contributed by atoms with Gasteiger partial charge in [0.05, 0.1) is 5.56 Å². The molecule has 0 bridgehead atoms. The summed E-state index contributed by atoms with van der Waals surface area (Å²) in [5.74, 6) is 0.443. The molecule has 92 valence electrons. The van der Waals surface area contributed by atoms with E-state index in [2.05, 4.69) is 4.98 Å². The van der Waals surface area contributed by atoms with Crippen molar-refractivity contribution >= 4 is 17.4 Å². The van der Waals surface area contributed by atoms with Gasteiger partial charge in [0.25, 0.3) is 5.91 Å². The van der Waals surface area contributed by atoms with E-state index in [1.165, 1.54) is 4.90 Å². The molecule has 0 fully saturated rings. The summed E-state index contributed by atoms with van der Waals surface area (Å²) in [7, 11) is 1.69. The third-order valence-electron chi connectivity index (χ3n) is 2.85. The fourth-order valence-corrected chi connectivity index (χ4v) is 1.70. The van der Waals surface area contributed by atoms with Crippen molar-refractivity contribution in [1.29, 1.82) is 0 Å². The molecule has 0 unspecified atom stereocenters. The Kier molecular flexibility index (Phi) is 3.28. The summed E-state index contributed by atoms with van der Waals surface area (Å²) < 4.78 is 0. The molecule has 0 radical (unpaired) electrons. The van der Waals surface area contributed by atoms with E-state index in [0.717, 1.165) is 5.56 Å². The summed E-state index contributed by atoms with van der Waals surface area (Å²) in [6, 6.07) is 10.9. The van der Waals surface area contributed by atoms with Gasteiger partial charge in [0.2, 0.25) is 0 Å². The lowest BCUT2D eigenvalue weighted by Crippen LogP contribution is -2.27. The van der Waals surface area contributed by atoms with Crippen molar-refractivity contribution in [2.45, 2.75) is 6.92 Å². The number of carbonyl (C=O) groups is 1. The van der Waals surface area contributed by atoms with Gasteiger partial charge in [-0.2, -0.15) is 0 Å². The number of anilines is 2. The molecule has 0 saturated carbocycles. The number of hydrogen-bond donors (Lipinski definition) is 1. The van der Waals surface area contributed by atoms with Crippen LogP contribution in [0.1, 0.15) is 15.9 Å². The number of carbonyl (C=O) groups excluding carboxylic acids is 1. The molecule has 1 amide bonds. The Labute approximate surface area is 106 Å². The number of rotatable bonds is 2. The van der Waals surface area contributed by atoms with Crippen LogP contribution in [0.2, 0.25) is 0 Å². The van der Waals surface area contributed by atoms with Gasteiger partial charge < -0.3 is 5.73 Å². The Hall–Kier alpha value is -2.36. The van der Waals surface area contributed by atoms with Crippen LogP contribution in [0.4, 0.5) is 11.5 Å². The monoisotopic (exact) mass is 241 g/mol. The maximum absolute atomic E-state index is 12.3. The van der Waals surface area contributed by atoms with E-state index in [1.54, 1.807) is 25.4 Å². The highest BCUT2D eigenvalue weighted by molar-refractivity contribution is 6.08. The second-order valence-electron chi connectivity index (χ2n) is 4.09. The molecule has 1 aromatic heterocycles. The van der Waals surface area contributed by atoms with Crippen molar-refractivity contribution in [3.63, 3.8) is 0 Å². The molecule has 4 heteroatoms. The van der Waals surface area contributed by atoms with Crippen LogP contribution in [0, 0.1) is 6.92 Å². The smallest absolute Gasteiger partial charge is 0.261 e. The summed E-state index contributed by atoms with van der Waals surface area (Å²) in [5, 5.41) is 0. The highest BCUT2D eigenvalue weighted by Gasteiger charge is 2.17. The molecular formula is C14H15N3O. The van der Waals surface area contributed by atoms with Crippen LogP contribution in [0.5, 0.6) is 0 Å². The number of para-hydroxylation sites is 1. The molecule has 0 aliphatic rings. The van der Waals surface area contributed by atoms with Gasteiger partial charge in [-0.25, -0.2) is 4.98 Å². The average molecular weight is 241 g/mol. The zero-order valence-electron chi connectivity index (χ0n) is 10.4. The van der Waals surface area contributed by atoms with E-state index in [9.17, 15) is 4.79 Å². The Balaban J connectivity index is 2.35. The van der Waals surface area contributed by atoms with Gasteiger partial charge in [-0.1, -0.05) is 18.2 Å². The second-order valence-corrected chi connectivity index (χ2v) is 4.09. The number of nitrogens with two attached hydrogens (primary N) is 1. The van der Waals surface area contributed by atoms with Crippen LogP contribution in [-0.2, 0) is 0 Å². The molecule has 0 aliphatic heterocycles. The highest BCUT2D eigenvalue weighted by atomic mass is 16.2. The van der Waals surface area contributed by atoms with E-state index in [4.69, 9.17) is 5.73 Å². The lowest BCUT2D eigenvalue weighted by molar-refractivity contribution is 0.0993. The van der Waals surface area contributed by atoms with E-state index < -0.39 is 0 Å². The Morgan fingerprint density at radius 3 is 2.67 bits per heavy atom. The molecule has 4 nitrogen and oxygen atoms in total. The van der Waals surface area contributed by atoms with E-state index >= 15 is 0 Å². The number of nitrogen functional groups attached to an aromatic ring is 1. The Morgan fingerprint density at radius 1 is 1.22 bits per heavy atom. The lowest BCUT2D eigenvalue weighted by Gasteiger charge is -2.17. The third kappa shape index (κ3) is 2.18. The number of nitrogens with zero attached hydrogens (tertiary/aromatic N) is 2. The molecule has 0 atom stereocenters. The highest BCUT2D eigenvalue weighted by Crippen LogP contribution is 2.20. The van der Waals surface area contributed by atoms with Crippen molar-refractivity contribution in [2.24, 2.45) is 0 Å². The first kappa shape index (κ1) is 12.1. The Morgan fingerprint density at radius 2 is 2.00 bits per heavy atom. The van der Waals surface area contributed by atoms with Crippen LogP contribution in [0.3, 0.4) is 0 Å². The molecule has 0 spiro atoms. The first-order valence-corrected chi connectivity index (χ1v) is 5.65. The largest absolute Gasteiger partial charge is 0.398 e. The van der Waals surface area contributed by atoms with Gasteiger partial charge in [-0.15, -0.1) is 0 Å². The molecule has 18 heavy (non-hydrogen) atoms. The molecule has 2 N–H and O–H groups in total. The van der Waals surface area contributed by atoms with Gasteiger partial charge in [0, 0.05) is 18.9 Å². The molecule has 2 rings (SSSR count). The average Bonchev–Trinajstić information content (AvgIpc) is 2.41. The van der Waals surface area contributed by atoms with Gasteiger partial charge in [0.15, 0.2) is 0 Å². The third-order valence-corrected chi connectivity index (χ3v) is 2.85. The van der Waals surface area contributed by atoms with E-state index in [0.29, 0.717) is 17.1 Å². The molecule has 1 heterocycles. The zero-order chi connectivity index (χ0) is 13.1. The SMILES string of the molecule is Cc1cccc(C(=O)N(C)c2ccccn2)c1N. The number of amides is 1. The summed E-state index contributed by atoms with van der Waals surface area (Å²) in [4.78, 5) is 18.0. The van der Waals surface area contributed by atoms with Crippen molar-refractivity contribution in [3.8, 4) is 0 Å². The van der Waals surface area contributed by atoms with Gasteiger partial charge in [0.1, 0.15) is 5.82 Å². The summed E-state index contributed by atoms with van der Waals surface area (Å²) >= 11 is 0. The summed E-state index contributed by atoms with van der Waals surface area (Å²) in [6.07, 6.45) is 1.65. The summed E-state index contributed by atoms with van der Waals surface area (Å²) in [5.41, 5.74) is 7.85. The van der Waals surface area contributed by atoms with E-state index in [-0.39, 0.29) is 5.91 Å². The normalized spacial score (nSPS) is 10.1. The number of hydrogen-bond acceptors (Lipinski definition) is 3. The number of aromatic nitrogens is 1. The van der Waals surface area contributed by atoms with Crippen molar-refractivity contribution in [3.05, 3.63) is 53.7 Å². The zero-order valence-corrected chi connectivity index (χ0v) is 10.4. The molecule has 1 aromatic carbocycles. The minimum Gasteiger partial charge on any atom is -0.398 e. The van der Waals surface area contributed by atoms with Crippen molar-refractivity contribution in [1.82, 2.24) is 4.98 Å². The minimum absolute atomic E-state index is 0.157. The standard InChI is InChI=1S/C14H15N3O/c1-10-6-5-7-11(13(10)15)14(18)17(2)12-8-3-4-9-16-12/h3-9H,15H2,1-2H3. The van der Waals surface area contributed by atoms with Crippen LogP contribution in [-0.4, -0.2) is 17.9 Å². The second kappa shape index (κ2) is 4.87. The number of aryl methyl sites for hydroxylation is 1. The van der Waals surface area contributed by atoms with Crippen LogP contribution >= 0.6 is 0 Å². The number of benzene rings is 1. The molecule has 0 saturated heterocycles. The first-order chi connectivity index (χ1) is 8.61. The van der Waals surface area contributed by atoms with Gasteiger partial charge >= 0.3 is 0 Å². The predicted molar refractivity (Wildman–Crippen MR) is 72.6 cm³/mol. The van der Waals surface area contributed by atoms with Gasteiger partial charge in [-0.05, 0) is 30.7 Å².